The fourth-order valence-corrected chi connectivity index (χ4v) is 2.49. The Morgan fingerprint density at radius 3 is 2.43 bits per heavy atom. The summed E-state index contributed by atoms with van der Waals surface area (Å²) in [7, 11) is 5.64. The van der Waals surface area contributed by atoms with Crippen LogP contribution in [0, 0.1) is 0 Å². The first-order chi connectivity index (χ1) is 11.0. The largest absolute Gasteiger partial charge is 0.207 e. The monoisotopic (exact) mass is 328 g/mol. The average molecular weight is 328 g/mol. The molecule has 0 aromatic carbocycles. The standard InChI is InChI=1S/C18H20BFS.C2H6/c1-5-15(18-8-7-11-21-18)12-17(20)14(4)13(3)9-10-16(19)6-2;1-2/h6-12H,2,5H2,1,3-4H3;1-2H3/b13-9+,15-12+,16-10+,17-14-;. The molecule has 0 saturated heterocycles. The van der Waals surface area contributed by atoms with E-state index in [4.69, 9.17) is 7.85 Å². The summed E-state index contributed by atoms with van der Waals surface area (Å²) < 4.78 is 14.4. The Morgan fingerprint density at radius 1 is 1.30 bits per heavy atom. The normalized spacial score (nSPS) is 13.9. The first-order valence-corrected chi connectivity index (χ1v) is 8.75. The molecule has 1 aromatic heterocycles. The third-order valence-corrected chi connectivity index (χ3v) is 4.18. The third-order valence-electron chi connectivity index (χ3n) is 3.23. The Bertz CT molecular complexity index is 602. The summed E-state index contributed by atoms with van der Waals surface area (Å²) in [4.78, 5) is 1.11. The Hall–Kier alpha value is -1.61. The number of allylic oxidation sites excluding steroid dienone is 9. The van der Waals surface area contributed by atoms with Crippen LogP contribution in [0.1, 0.15) is 45.9 Å². The second-order valence-electron chi connectivity index (χ2n) is 4.69. The smallest absolute Gasteiger partial charge is 0.126 e. The molecule has 0 spiro atoms. The Labute approximate surface area is 146 Å². The summed E-state index contributed by atoms with van der Waals surface area (Å²) in [6.07, 6.45) is 7.51. The lowest BCUT2D eigenvalue weighted by atomic mass is 9.94. The van der Waals surface area contributed by atoms with Crippen LogP contribution < -0.4 is 0 Å². The molecule has 0 amide bonds. The van der Waals surface area contributed by atoms with Gasteiger partial charge in [-0.1, -0.05) is 57.1 Å². The molecule has 0 fully saturated rings. The van der Waals surface area contributed by atoms with Crippen LogP contribution in [-0.4, -0.2) is 7.85 Å². The highest BCUT2D eigenvalue weighted by Crippen LogP contribution is 2.27. The second-order valence-corrected chi connectivity index (χ2v) is 5.64. The maximum Gasteiger partial charge on any atom is 0.126 e. The number of hydrogen-bond donors (Lipinski definition) is 0. The van der Waals surface area contributed by atoms with Gasteiger partial charge in [0.05, 0.1) is 0 Å². The topological polar surface area (TPSA) is 0 Å². The van der Waals surface area contributed by atoms with Crippen LogP contribution in [0.2, 0.25) is 0 Å². The van der Waals surface area contributed by atoms with Crippen molar-refractivity contribution in [2.24, 2.45) is 0 Å². The third kappa shape index (κ3) is 7.47. The van der Waals surface area contributed by atoms with E-state index in [1.165, 1.54) is 0 Å². The van der Waals surface area contributed by atoms with Gasteiger partial charge in [0.2, 0.25) is 0 Å². The van der Waals surface area contributed by atoms with Gasteiger partial charge in [-0.25, -0.2) is 4.39 Å². The van der Waals surface area contributed by atoms with Gasteiger partial charge in [-0.15, -0.1) is 11.3 Å². The molecule has 1 heterocycles. The summed E-state index contributed by atoms with van der Waals surface area (Å²) in [5.74, 6) is -0.209. The second kappa shape index (κ2) is 11.9. The molecule has 0 aliphatic carbocycles. The molecule has 0 aliphatic rings. The Morgan fingerprint density at radius 2 is 1.96 bits per heavy atom. The van der Waals surface area contributed by atoms with Gasteiger partial charge in [0.15, 0.2) is 0 Å². The molecule has 0 atom stereocenters. The first kappa shape index (κ1) is 21.4. The van der Waals surface area contributed by atoms with Crippen molar-refractivity contribution < 1.29 is 4.39 Å². The number of halogens is 1. The van der Waals surface area contributed by atoms with Gasteiger partial charge >= 0.3 is 0 Å². The number of thiophene rings is 1. The minimum Gasteiger partial charge on any atom is -0.207 e. The van der Waals surface area contributed by atoms with Gasteiger partial charge in [-0.2, -0.15) is 0 Å². The predicted molar refractivity (Wildman–Crippen MR) is 106 cm³/mol. The van der Waals surface area contributed by atoms with Crippen LogP contribution in [-0.2, 0) is 0 Å². The van der Waals surface area contributed by atoms with Crippen LogP contribution in [0.25, 0.3) is 5.57 Å². The summed E-state index contributed by atoms with van der Waals surface area (Å²) in [6, 6.07) is 3.99. The molecule has 1 aromatic rings. The van der Waals surface area contributed by atoms with Crippen molar-refractivity contribution >= 4 is 24.8 Å². The first-order valence-electron chi connectivity index (χ1n) is 7.87. The molecule has 3 heteroatoms. The van der Waals surface area contributed by atoms with Crippen LogP contribution >= 0.6 is 11.3 Å². The number of hydrogen-bond acceptors (Lipinski definition) is 1. The SMILES string of the molecule is CC.[B]/C(C=C)=C/C=C(C)/C(C)=C(F)/C=C(\CC)c1cccs1. The molecule has 23 heavy (non-hydrogen) atoms. The minimum atomic E-state index is -0.209. The number of rotatable bonds is 6. The van der Waals surface area contributed by atoms with Crippen molar-refractivity contribution in [1.29, 1.82) is 0 Å². The molecular formula is C20H26BFS. The van der Waals surface area contributed by atoms with E-state index in [0.717, 1.165) is 22.4 Å². The van der Waals surface area contributed by atoms with Crippen molar-refractivity contribution in [3.05, 3.63) is 75.7 Å². The Balaban J connectivity index is 0.00000232. The zero-order valence-electron chi connectivity index (χ0n) is 14.8. The molecule has 0 N–H and O–H groups in total. The maximum atomic E-state index is 14.4. The highest BCUT2D eigenvalue weighted by molar-refractivity contribution is 7.11. The molecular weight excluding hydrogens is 302 g/mol. The van der Waals surface area contributed by atoms with E-state index < -0.39 is 0 Å². The molecule has 0 saturated carbocycles. The van der Waals surface area contributed by atoms with Crippen LogP contribution in [0.4, 0.5) is 4.39 Å². The molecule has 0 bridgehead atoms. The van der Waals surface area contributed by atoms with E-state index >= 15 is 0 Å². The van der Waals surface area contributed by atoms with Crippen molar-refractivity contribution in [2.75, 3.05) is 0 Å². The van der Waals surface area contributed by atoms with Gasteiger partial charge < -0.3 is 0 Å². The van der Waals surface area contributed by atoms with E-state index in [2.05, 4.69) is 6.58 Å². The molecule has 122 valence electrons. The van der Waals surface area contributed by atoms with E-state index in [1.54, 1.807) is 42.6 Å². The van der Waals surface area contributed by atoms with E-state index in [1.807, 2.05) is 45.2 Å². The van der Waals surface area contributed by atoms with E-state index in [0.29, 0.717) is 11.0 Å². The summed E-state index contributed by atoms with van der Waals surface area (Å²) in [5, 5.41) is 2.00. The average Bonchev–Trinajstić information content (AvgIpc) is 3.12. The summed E-state index contributed by atoms with van der Waals surface area (Å²) >= 11 is 1.63. The van der Waals surface area contributed by atoms with Crippen molar-refractivity contribution in [3.8, 4) is 0 Å². The quantitative estimate of drug-likeness (QED) is 0.390. The van der Waals surface area contributed by atoms with E-state index in [9.17, 15) is 4.39 Å². The van der Waals surface area contributed by atoms with Gasteiger partial charge in [0, 0.05) is 4.88 Å². The molecule has 0 unspecified atom stereocenters. The minimum absolute atomic E-state index is 0.209. The maximum absolute atomic E-state index is 14.4. The molecule has 2 radical (unpaired) electrons. The van der Waals surface area contributed by atoms with Crippen molar-refractivity contribution in [2.45, 2.75) is 41.0 Å². The molecule has 1 rings (SSSR count). The fraction of sp³-hybridized carbons (Fsp3) is 0.300. The zero-order valence-corrected chi connectivity index (χ0v) is 15.6. The van der Waals surface area contributed by atoms with Crippen molar-refractivity contribution in [3.63, 3.8) is 0 Å². The van der Waals surface area contributed by atoms with Crippen molar-refractivity contribution in [1.82, 2.24) is 0 Å². The van der Waals surface area contributed by atoms with Gasteiger partial charge in [0.25, 0.3) is 0 Å². The molecule has 0 nitrogen and oxygen atoms in total. The van der Waals surface area contributed by atoms with Gasteiger partial charge in [0.1, 0.15) is 13.7 Å². The van der Waals surface area contributed by atoms with Crippen LogP contribution in [0.5, 0.6) is 0 Å². The Kier molecular flexibility index (Phi) is 11.1. The molecule has 0 aliphatic heterocycles. The van der Waals surface area contributed by atoms with Crippen LogP contribution in [0.15, 0.2) is 70.8 Å². The zero-order chi connectivity index (χ0) is 17.8. The summed E-state index contributed by atoms with van der Waals surface area (Å²) in [6.45, 7) is 13.3. The lowest BCUT2D eigenvalue weighted by molar-refractivity contribution is 0.656. The predicted octanol–water partition coefficient (Wildman–Crippen LogP) is 7.00. The highest BCUT2D eigenvalue weighted by atomic mass is 32.1. The van der Waals surface area contributed by atoms with E-state index in [-0.39, 0.29) is 5.83 Å². The van der Waals surface area contributed by atoms with Crippen LogP contribution in [0.3, 0.4) is 0 Å². The van der Waals surface area contributed by atoms with Gasteiger partial charge in [-0.3, -0.25) is 0 Å². The lowest BCUT2D eigenvalue weighted by Gasteiger charge is -2.05. The lowest BCUT2D eigenvalue weighted by Crippen LogP contribution is -1.86. The fourth-order valence-electron chi connectivity index (χ4n) is 1.67. The summed E-state index contributed by atoms with van der Waals surface area (Å²) in [5.41, 5.74) is 3.03. The highest BCUT2D eigenvalue weighted by Gasteiger charge is 2.05. The van der Waals surface area contributed by atoms with Gasteiger partial charge in [-0.05, 0) is 54.5 Å².